The molecule has 1 aromatic rings. The molecular formula is C16H25N3O3S. The summed E-state index contributed by atoms with van der Waals surface area (Å²) in [5.41, 5.74) is 6.16. The van der Waals surface area contributed by atoms with Gasteiger partial charge in [0.1, 0.15) is 4.90 Å². The average molecular weight is 339 g/mol. The predicted molar refractivity (Wildman–Crippen MR) is 89.6 cm³/mol. The number of benzene rings is 1. The largest absolute Gasteiger partial charge is 0.398 e. The van der Waals surface area contributed by atoms with E-state index in [4.69, 9.17) is 10.5 Å². The monoisotopic (exact) mass is 339 g/mol. The summed E-state index contributed by atoms with van der Waals surface area (Å²) < 4.78 is 32.4. The minimum absolute atomic E-state index is 0.228. The van der Waals surface area contributed by atoms with Crippen molar-refractivity contribution in [2.45, 2.75) is 17.7 Å². The third kappa shape index (κ3) is 3.85. The molecule has 6 nitrogen and oxygen atoms in total. The molecule has 0 aliphatic carbocycles. The van der Waals surface area contributed by atoms with Gasteiger partial charge in [-0.25, -0.2) is 8.42 Å². The summed E-state index contributed by atoms with van der Waals surface area (Å²) in [7, 11) is -3.47. The van der Waals surface area contributed by atoms with Crippen LogP contribution in [0.5, 0.6) is 0 Å². The summed E-state index contributed by atoms with van der Waals surface area (Å²) in [6.07, 6.45) is 1.81. The van der Waals surface area contributed by atoms with Crippen LogP contribution in [-0.4, -0.2) is 63.6 Å². The van der Waals surface area contributed by atoms with E-state index in [1.54, 1.807) is 28.6 Å². The maximum atomic E-state index is 12.7. The van der Waals surface area contributed by atoms with Gasteiger partial charge < -0.3 is 10.5 Å². The Bertz CT molecular complexity index is 621. The number of hydrogen-bond donors (Lipinski definition) is 1. The molecule has 0 aromatic heterocycles. The molecule has 0 unspecified atom stereocenters. The van der Waals surface area contributed by atoms with Gasteiger partial charge in [-0.3, -0.25) is 4.90 Å². The number of nitrogen functional groups attached to an aromatic ring is 1. The number of nitrogens with two attached hydrogens (primary N) is 1. The lowest BCUT2D eigenvalue weighted by molar-refractivity contribution is 0.0269. The van der Waals surface area contributed by atoms with E-state index in [-0.39, 0.29) is 4.90 Å². The Morgan fingerprint density at radius 3 is 2.39 bits per heavy atom. The van der Waals surface area contributed by atoms with Crippen LogP contribution in [-0.2, 0) is 14.8 Å². The van der Waals surface area contributed by atoms with Gasteiger partial charge >= 0.3 is 0 Å². The van der Waals surface area contributed by atoms with Gasteiger partial charge in [0.05, 0.1) is 18.9 Å². The normalized spacial score (nSPS) is 22.3. The Hall–Kier alpha value is -1.15. The first-order valence-electron chi connectivity index (χ1n) is 8.22. The highest BCUT2D eigenvalue weighted by Crippen LogP contribution is 2.27. The van der Waals surface area contributed by atoms with E-state index in [0.717, 1.165) is 45.7 Å². The lowest BCUT2D eigenvalue weighted by atomic mass is 9.97. The van der Waals surface area contributed by atoms with E-state index in [0.29, 0.717) is 24.7 Å². The highest BCUT2D eigenvalue weighted by Gasteiger charge is 2.31. The number of sulfonamides is 1. The minimum atomic E-state index is -3.47. The van der Waals surface area contributed by atoms with Gasteiger partial charge in [-0.1, -0.05) is 12.1 Å². The molecule has 0 spiro atoms. The number of nitrogens with zero attached hydrogens (tertiary/aromatic N) is 2. The zero-order valence-electron chi connectivity index (χ0n) is 13.4. The van der Waals surface area contributed by atoms with Gasteiger partial charge in [0.2, 0.25) is 10.0 Å². The Labute approximate surface area is 138 Å². The molecule has 0 atom stereocenters. The Balaban J connectivity index is 1.59. The van der Waals surface area contributed by atoms with E-state index in [2.05, 4.69) is 4.90 Å². The predicted octanol–water partition coefficient (Wildman–Crippen LogP) is 1.00. The first-order chi connectivity index (χ1) is 11.1. The summed E-state index contributed by atoms with van der Waals surface area (Å²) >= 11 is 0. The maximum Gasteiger partial charge on any atom is 0.245 e. The second-order valence-corrected chi connectivity index (χ2v) is 8.20. The second-order valence-electron chi connectivity index (χ2n) is 6.30. The van der Waals surface area contributed by atoms with Gasteiger partial charge in [-0.2, -0.15) is 4.31 Å². The van der Waals surface area contributed by atoms with Crippen LogP contribution in [0.15, 0.2) is 29.2 Å². The van der Waals surface area contributed by atoms with E-state index in [1.165, 1.54) is 0 Å². The van der Waals surface area contributed by atoms with Gasteiger partial charge in [-0.15, -0.1) is 0 Å². The van der Waals surface area contributed by atoms with Crippen molar-refractivity contribution in [1.29, 1.82) is 0 Å². The molecule has 1 aromatic carbocycles. The fourth-order valence-electron chi connectivity index (χ4n) is 3.34. The summed E-state index contributed by atoms with van der Waals surface area (Å²) in [6, 6.07) is 6.69. The SMILES string of the molecule is Nc1ccccc1S(=O)(=O)N1CCC(CN2CCOCC2)CC1. The van der Waals surface area contributed by atoms with Crippen molar-refractivity contribution in [1.82, 2.24) is 9.21 Å². The van der Waals surface area contributed by atoms with Crippen LogP contribution >= 0.6 is 0 Å². The van der Waals surface area contributed by atoms with Gasteiger partial charge in [-0.05, 0) is 30.9 Å². The van der Waals surface area contributed by atoms with Crippen LogP contribution in [0, 0.1) is 5.92 Å². The van der Waals surface area contributed by atoms with Crippen molar-refractivity contribution in [3.63, 3.8) is 0 Å². The molecule has 0 bridgehead atoms. The standard InChI is InChI=1S/C16H25N3O3S/c17-15-3-1-2-4-16(15)23(20,21)19-7-5-14(6-8-19)13-18-9-11-22-12-10-18/h1-4,14H,5-13,17H2. The van der Waals surface area contributed by atoms with E-state index in [1.807, 2.05) is 0 Å². The Kier molecular flexibility index (Phi) is 5.21. The van der Waals surface area contributed by atoms with Gasteiger partial charge in [0.15, 0.2) is 0 Å². The topological polar surface area (TPSA) is 75.9 Å². The number of morpholine rings is 1. The Morgan fingerprint density at radius 1 is 1.09 bits per heavy atom. The van der Waals surface area contributed by atoms with E-state index in [9.17, 15) is 8.42 Å². The second kappa shape index (κ2) is 7.17. The molecule has 2 saturated heterocycles. The van der Waals surface area contributed by atoms with Gasteiger partial charge in [0, 0.05) is 32.7 Å². The van der Waals surface area contributed by atoms with Crippen LogP contribution < -0.4 is 5.73 Å². The molecule has 23 heavy (non-hydrogen) atoms. The highest BCUT2D eigenvalue weighted by atomic mass is 32.2. The molecule has 2 aliphatic heterocycles. The summed E-state index contributed by atoms with van der Waals surface area (Å²) in [5, 5.41) is 0. The number of para-hydroxylation sites is 1. The van der Waals surface area contributed by atoms with Crippen LogP contribution in [0.1, 0.15) is 12.8 Å². The third-order valence-electron chi connectivity index (χ3n) is 4.73. The van der Waals surface area contributed by atoms with E-state index < -0.39 is 10.0 Å². The molecule has 7 heteroatoms. The molecule has 2 fully saturated rings. The molecule has 2 aliphatic rings. The lowest BCUT2D eigenvalue weighted by Crippen LogP contribution is -2.44. The zero-order valence-corrected chi connectivity index (χ0v) is 14.2. The number of piperidine rings is 1. The summed E-state index contributed by atoms with van der Waals surface area (Å²) in [5.74, 6) is 0.563. The highest BCUT2D eigenvalue weighted by molar-refractivity contribution is 7.89. The fraction of sp³-hybridized carbons (Fsp3) is 0.625. The molecule has 0 saturated carbocycles. The van der Waals surface area contributed by atoms with Crippen LogP contribution in [0.25, 0.3) is 0 Å². The summed E-state index contributed by atoms with van der Waals surface area (Å²) in [6.45, 7) is 5.78. The minimum Gasteiger partial charge on any atom is -0.398 e. The molecular weight excluding hydrogens is 314 g/mol. The molecule has 3 rings (SSSR count). The lowest BCUT2D eigenvalue weighted by Gasteiger charge is -2.35. The molecule has 2 N–H and O–H groups in total. The number of rotatable bonds is 4. The molecule has 128 valence electrons. The van der Waals surface area contributed by atoms with Crippen LogP contribution in [0.3, 0.4) is 0 Å². The molecule has 0 amide bonds. The van der Waals surface area contributed by atoms with Crippen molar-refractivity contribution in [2.24, 2.45) is 5.92 Å². The smallest absolute Gasteiger partial charge is 0.245 e. The van der Waals surface area contributed by atoms with Crippen LogP contribution in [0.2, 0.25) is 0 Å². The number of hydrogen-bond acceptors (Lipinski definition) is 5. The van der Waals surface area contributed by atoms with Gasteiger partial charge in [0.25, 0.3) is 0 Å². The quantitative estimate of drug-likeness (QED) is 0.828. The Morgan fingerprint density at radius 2 is 1.74 bits per heavy atom. The van der Waals surface area contributed by atoms with Crippen molar-refractivity contribution in [3.05, 3.63) is 24.3 Å². The number of anilines is 1. The first kappa shape index (κ1) is 16.7. The van der Waals surface area contributed by atoms with Crippen molar-refractivity contribution in [2.75, 3.05) is 51.7 Å². The maximum absolute atomic E-state index is 12.7. The number of ether oxygens (including phenoxy) is 1. The zero-order chi connectivity index (χ0) is 16.3. The fourth-order valence-corrected chi connectivity index (χ4v) is 4.92. The van der Waals surface area contributed by atoms with Crippen molar-refractivity contribution in [3.8, 4) is 0 Å². The third-order valence-corrected chi connectivity index (χ3v) is 6.70. The van der Waals surface area contributed by atoms with Crippen molar-refractivity contribution < 1.29 is 13.2 Å². The summed E-state index contributed by atoms with van der Waals surface area (Å²) in [4.78, 5) is 2.65. The van der Waals surface area contributed by atoms with Crippen molar-refractivity contribution >= 4 is 15.7 Å². The molecule has 0 radical (unpaired) electrons. The average Bonchev–Trinajstić information content (AvgIpc) is 2.56. The van der Waals surface area contributed by atoms with Crippen LogP contribution in [0.4, 0.5) is 5.69 Å². The van der Waals surface area contributed by atoms with E-state index >= 15 is 0 Å². The first-order valence-corrected chi connectivity index (χ1v) is 9.66. The molecule has 2 heterocycles.